The first-order chi connectivity index (χ1) is 7.00. The Hall–Kier alpha value is -1.31. The Bertz CT molecular complexity index is 401. The smallest absolute Gasteiger partial charge is 0.235 e. The molecule has 2 nitrogen and oxygen atoms in total. The van der Waals surface area contributed by atoms with E-state index in [1.807, 2.05) is 0 Å². The SMILES string of the molecule is Cc1ccc(C2=[N+](O)C(C)(C)CC2)cc1. The number of rotatable bonds is 1. The van der Waals surface area contributed by atoms with E-state index in [0.717, 1.165) is 24.1 Å². The molecule has 0 spiro atoms. The van der Waals surface area contributed by atoms with Crippen LogP contribution in [0, 0.1) is 6.92 Å². The minimum atomic E-state index is -0.125. The lowest BCUT2D eigenvalue weighted by Gasteiger charge is -2.08. The van der Waals surface area contributed by atoms with E-state index in [1.165, 1.54) is 10.3 Å². The van der Waals surface area contributed by atoms with Crippen LogP contribution in [0.1, 0.15) is 37.8 Å². The topological polar surface area (TPSA) is 23.2 Å². The van der Waals surface area contributed by atoms with Crippen molar-refractivity contribution in [1.82, 2.24) is 0 Å². The number of hydrogen-bond donors (Lipinski definition) is 1. The maximum atomic E-state index is 10.0. The van der Waals surface area contributed by atoms with Gasteiger partial charge in [-0.2, -0.15) is 0 Å². The monoisotopic (exact) mass is 204 g/mol. The molecule has 1 N–H and O–H groups in total. The zero-order chi connectivity index (χ0) is 11.1. The number of nitrogens with zero attached hydrogens (tertiary/aromatic N) is 1. The second-order valence-corrected chi connectivity index (χ2v) is 4.94. The third-order valence-electron chi connectivity index (χ3n) is 3.19. The highest BCUT2D eigenvalue weighted by Gasteiger charge is 2.41. The van der Waals surface area contributed by atoms with Crippen LogP contribution in [-0.2, 0) is 0 Å². The van der Waals surface area contributed by atoms with Gasteiger partial charge in [-0.25, -0.2) is 0 Å². The highest BCUT2D eigenvalue weighted by molar-refractivity contribution is 5.97. The molecule has 1 aliphatic heterocycles. The Morgan fingerprint density at radius 1 is 1.20 bits per heavy atom. The minimum absolute atomic E-state index is 0.125. The Kier molecular flexibility index (Phi) is 2.29. The lowest BCUT2D eigenvalue weighted by Crippen LogP contribution is -2.31. The molecule has 1 aromatic rings. The molecule has 0 saturated carbocycles. The molecule has 0 atom stereocenters. The average molecular weight is 204 g/mol. The van der Waals surface area contributed by atoms with Gasteiger partial charge in [0.1, 0.15) is 0 Å². The van der Waals surface area contributed by atoms with Gasteiger partial charge in [-0.05, 0) is 23.8 Å². The summed E-state index contributed by atoms with van der Waals surface area (Å²) in [4.78, 5) is 0. The molecule has 80 valence electrons. The summed E-state index contributed by atoms with van der Waals surface area (Å²) in [5, 5.41) is 10.0. The fourth-order valence-corrected chi connectivity index (χ4v) is 2.01. The van der Waals surface area contributed by atoms with Crippen LogP contribution in [0.3, 0.4) is 0 Å². The van der Waals surface area contributed by atoms with Gasteiger partial charge in [0, 0.05) is 32.3 Å². The largest absolute Gasteiger partial charge is 0.290 e. The van der Waals surface area contributed by atoms with E-state index < -0.39 is 0 Å². The van der Waals surface area contributed by atoms with Crippen LogP contribution >= 0.6 is 0 Å². The standard InChI is InChI=1S/C13H18NO/c1-10-4-6-11(7-5-10)12-8-9-13(2,3)14(12)15/h4-7,15H,8-9H2,1-3H3/q+1. The Balaban J connectivity index is 2.41. The maximum Gasteiger partial charge on any atom is 0.235 e. The highest BCUT2D eigenvalue weighted by atomic mass is 16.5. The normalized spacial score (nSPS) is 19.7. The fourth-order valence-electron chi connectivity index (χ4n) is 2.01. The zero-order valence-corrected chi connectivity index (χ0v) is 9.62. The van der Waals surface area contributed by atoms with Crippen LogP contribution in [-0.4, -0.2) is 21.2 Å². The van der Waals surface area contributed by atoms with Crippen molar-refractivity contribution in [2.45, 2.75) is 39.2 Å². The molecular weight excluding hydrogens is 186 g/mol. The van der Waals surface area contributed by atoms with Crippen LogP contribution in [0.15, 0.2) is 24.3 Å². The predicted octanol–water partition coefficient (Wildman–Crippen LogP) is 2.76. The van der Waals surface area contributed by atoms with Gasteiger partial charge in [0.2, 0.25) is 11.3 Å². The van der Waals surface area contributed by atoms with Crippen molar-refractivity contribution in [3.63, 3.8) is 0 Å². The van der Waals surface area contributed by atoms with Crippen LogP contribution in [0.5, 0.6) is 0 Å². The molecule has 1 aromatic carbocycles. The van der Waals surface area contributed by atoms with Crippen LogP contribution in [0.4, 0.5) is 0 Å². The van der Waals surface area contributed by atoms with E-state index in [9.17, 15) is 5.21 Å². The molecule has 2 rings (SSSR count). The second kappa shape index (κ2) is 3.37. The molecule has 0 unspecified atom stereocenters. The van der Waals surface area contributed by atoms with Crippen LogP contribution < -0.4 is 0 Å². The van der Waals surface area contributed by atoms with Gasteiger partial charge in [0.25, 0.3) is 0 Å². The summed E-state index contributed by atoms with van der Waals surface area (Å²) in [7, 11) is 0. The van der Waals surface area contributed by atoms with E-state index in [4.69, 9.17) is 0 Å². The lowest BCUT2D eigenvalue weighted by molar-refractivity contribution is -0.816. The maximum absolute atomic E-state index is 10.0. The number of benzene rings is 1. The van der Waals surface area contributed by atoms with Gasteiger partial charge in [0.05, 0.1) is 0 Å². The van der Waals surface area contributed by atoms with Crippen LogP contribution in [0.2, 0.25) is 0 Å². The first-order valence-electron chi connectivity index (χ1n) is 5.43. The van der Waals surface area contributed by atoms with Gasteiger partial charge >= 0.3 is 0 Å². The Morgan fingerprint density at radius 2 is 1.80 bits per heavy atom. The average Bonchev–Trinajstić information content (AvgIpc) is 2.45. The number of aryl methyl sites for hydroxylation is 1. The molecular formula is C13H18NO+. The molecule has 0 bridgehead atoms. The Morgan fingerprint density at radius 3 is 2.27 bits per heavy atom. The molecule has 0 aromatic heterocycles. The van der Waals surface area contributed by atoms with E-state index in [2.05, 4.69) is 45.0 Å². The summed E-state index contributed by atoms with van der Waals surface area (Å²) in [6, 6.07) is 8.33. The summed E-state index contributed by atoms with van der Waals surface area (Å²) in [5.41, 5.74) is 3.30. The molecule has 15 heavy (non-hydrogen) atoms. The van der Waals surface area contributed by atoms with Crippen molar-refractivity contribution in [1.29, 1.82) is 0 Å². The summed E-state index contributed by atoms with van der Waals surface area (Å²) in [6.07, 6.45) is 1.96. The molecule has 0 saturated heterocycles. The number of hydrogen-bond acceptors (Lipinski definition) is 1. The van der Waals surface area contributed by atoms with E-state index in [-0.39, 0.29) is 5.54 Å². The van der Waals surface area contributed by atoms with Crippen molar-refractivity contribution < 1.29 is 9.95 Å². The van der Waals surface area contributed by atoms with E-state index in [1.54, 1.807) is 0 Å². The van der Waals surface area contributed by atoms with Crippen molar-refractivity contribution in [2.75, 3.05) is 0 Å². The summed E-state index contributed by atoms with van der Waals surface area (Å²) < 4.78 is 1.43. The third kappa shape index (κ3) is 1.76. The first kappa shape index (κ1) is 10.2. The molecule has 1 aliphatic rings. The molecule has 1 heterocycles. The van der Waals surface area contributed by atoms with Crippen molar-refractivity contribution in [2.24, 2.45) is 0 Å². The molecule has 2 heteroatoms. The van der Waals surface area contributed by atoms with Gasteiger partial charge < -0.3 is 0 Å². The zero-order valence-electron chi connectivity index (χ0n) is 9.62. The van der Waals surface area contributed by atoms with Crippen LogP contribution in [0.25, 0.3) is 0 Å². The predicted molar refractivity (Wildman–Crippen MR) is 60.6 cm³/mol. The third-order valence-corrected chi connectivity index (χ3v) is 3.19. The van der Waals surface area contributed by atoms with E-state index >= 15 is 0 Å². The minimum Gasteiger partial charge on any atom is -0.290 e. The molecule has 0 amide bonds. The summed E-state index contributed by atoms with van der Waals surface area (Å²) in [6.45, 7) is 6.20. The Labute approximate surface area is 90.8 Å². The first-order valence-corrected chi connectivity index (χ1v) is 5.43. The van der Waals surface area contributed by atoms with Gasteiger partial charge in [0.15, 0.2) is 0 Å². The fraction of sp³-hybridized carbons (Fsp3) is 0.462. The van der Waals surface area contributed by atoms with Crippen molar-refractivity contribution >= 4 is 5.71 Å². The van der Waals surface area contributed by atoms with E-state index in [0.29, 0.717) is 0 Å². The van der Waals surface area contributed by atoms with Crippen molar-refractivity contribution in [3.05, 3.63) is 35.4 Å². The van der Waals surface area contributed by atoms with Gasteiger partial charge in [-0.15, -0.1) is 0 Å². The number of hydroxylamine groups is 1. The van der Waals surface area contributed by atoms with Gasteiger partial charge in [-0.1, -0.05) is 17.7 Å². The summed E-state index contributed by atoms with van der Waals surface area (Å²) >= 11 is 0. The lowest BCUT2D eigenvalue weighted by atomic mass is 10.0. The molecule has 0 aliphatic carbocycles. The molecule has 0 radical (unpaired) electrons. The van der Waals surface area contributed by atoms with Crippen molar-refractivity contribution in [3.8, 4) is 0 Å². The summed E-state index contributed by atoms with van der Waals surface area (Å²) in [5.74, 6) is 0. The molecule has 0 fully saturated rings. The van der Waals surface area contributed by atoms with Gasteiger partial charge in [-0.3, -0.25) is 5.21 Å². The second-order valence-electron chi connectivity index (χ2n) is 4.94. The highest BCUT2D eigenvalue weighted by Crippen LogP contribution is 2.25. The quantitative estimate of drug-likeness (QED) is 0.552.